The summed E-state index contributed by atoms with van der Waals surface area (Å²) in [4.78, 5) is 19.7. The van der Waals surface area contributed by atoms with E-state index in [1.807, 2.05) is 35.2 Å². The standard InChI is InChI=1S/C24H27N3OS/c1-24(2,3)18-11-13-19(14-12-18)25-23(28)27-15-7-10-21(27)22-26-20(16-29-22)17-8-5-4-6-9-17/h4-6,8-9,11-14,16,21H,7,10,15H2,1-3H3,(H,25,28). The summed E-state index contributed by atoms with van der Waals surface area (Å²) in [5.41, 5.74) is 4.28. The van der Waals surface area contributed by atoms with E-state index in [9.17, 15) is 4.79 Å². The molecular weight excluding hydrogens is 378 g/mol. The van der Waals surface area contributed by atoms with Gasteiger partial charge in [0.25, 0.3) is 0 Å². The van der Waals surface area contributed by atoms with E-state index in [2.05, 4.69) is 55.7 Å². The molecule has 29 heavy (non-hydrogen) atoms. The molecule has 0 bridgehead atoms. The number of anilines is 1. The van der Waals surface area contributed by atoms with E-state index in [0.717, 1.165) is 41.3 Å². The second-order valence-electron chi connectivity index (χ2n) is 8.55. The van der Waals surface area contributed by atoms with Crippen molar-refractivity contribution in [3.05, 3.63) is 70.5 Å². The summed E-state index contributed by atoms with van der Waals surface area (Å²) in [7, 11) is 0. The minimum atomic E-state index is -0.0486. The van der Waals surface area contributed by atoms with Crippen LogP contribution in [0.5, 0.6) is 0 Å². The number of nitrogens with zero attached hydrogens (tertiary/aromatic N) is 2. The minimum absolute atomic E-state index is 0.0475. The lowest BCUT2D eigenvalue weighted by molar-refractivity contribution is 0.207. The molecule has 5 heteroatoms. The van der Waals surface area contributed by atoms with Crippen LogP contribution in [0.15, 0.2) is 60.0 Å². The number of likely N-dealkylation sites (tertiary alicyclic amines) is 1. The second kappa shape index (κ2) is 7.99. The van der Waals surface area contributed by atoms with Gasteiger partial charge in [0.15, 0.2) is 0 Å². The Bertz CT molecular complexity index is 973. The zero-order valence-electron chi connectivity index (χ0n) is 17.2. The largest absolute Gasteiger partial charge is 0.322 e. The van der Waals surface area contributed by atoms with Crippen molar-refractivity contribution in [2.24, 2.45) is 0 Å². The van der Waals surface area contributed by atoms with Gasteiger partial charge in [-0.1, -0.05) is 63.2 Å². The Morgan fingerprint density at radius 1 is 1.10 bits per heavy atom. The van der Waals surface area contributed by atoms with Crippen molar-refractivity contribution in [1.82, 2.24) is 9.88 Å². The first-order chi connectivity index (χ1) is 13.9. The number of carbonyl (C=O) groups is 1. The van der Waals surface area contributed by atoms with Gasteiger partial charge in [-0.15, -0.1) is 11.3 Å². The fourth-order valence-electron chi connectivity index (χ4n) is 3.70. The summed E-state index contributed by atoms with van der Waals surface area (Å²) in [6.07, 6.45) is 1.96. The minimum Gasteiger partial charge on any atom is -0.315 e. The third-order valence-corrected chi connectivity index (χ3v) is 6.34. The summed E-state index contributed by atoms with van der Waals surface area (Å²) in [6.45, 7) is 7.32. The Labute approximate surface area is 176 Å². The maximum atomic E-state index is 12.9. The Morgan fingerprint density at radius 3 is 2.52 bits per heavy atom. The van der Waals surface area contributed by atoms with Gasteiger partial charge in [-0.2, -0.15) is 0 Å². The lowest BCUT2D eigenvalue weighted by Crippen LogP contribution is -2.34. The fraction of sp³-hybridized carbons (Fsp3) is 0.333. The van der Waals surface area contributed by atoms with Crippen molar-refractivity contribution in [3.63, 3.8) is 0 Å². The molecule has 0 radical (unpaired) electrons. The van der Waals surface area contributed by atoms with Gasteiger partial charge in [-0.25, -0.2) is 9.78 Å². The average molecular weight is 406 g/mol. The Kier molecular flexibility index (Phi) is 5.41. The van der Waals surface area contributed by atoms with Gasteiger partial charge < -0.3 is 10.2 Å². The first kappa shape index (κ1) is 19.6. The molecule has 1 N–H and O–H groups in total. The van der Waals surface area contributed by atoms with E-state index in [1.165, 1.54) is 5.56 Å². The van der Waals surface area contributed by atoms with Crippen LogP contribution in [0.25, 0.3) is 11.3 Å². The van der Waals surface area contributed by atoms with Crippen LogP contribution in [-0.2, 0) is 5.41 Å². The summed E-state index contributed by atoms with van der Waals surface area (Å²) in [5.74, 6) is 0. The summed E-state index contributed by atoms with van der Waals surface area (Å²) < 4.78 is 0. The van der Waals surface area contributed by atoms with Gasteiger partial charge in [-0.05, 0) is 36.0 Å². The van der Waals surface area contributed by atoms with Crippen molar-refractivity contribution in [1.29, 1.82) is 0 Å². The van der Waals surface area contributed by atoms with Gasteiger partial charge in [0.05, 0.1) is 11.7 Å². The van der Waals surface area contributed by atoms with Gasteiger partial charge in [0.2, 0.25) is 0 Å². The highest BCUT2D eigenvalue weighted by Crippen LogP contribution is 2.36. The van der Waals surface area contributed by atoms with Crippen molar-refractivity contribution in [2.75, 3.05) is 11.9 Å². The molecule has 150 valence electrons. The molecular formula is C24H27N3OS. The van der Waals surface area contributed by atoms with Gasteiger partial charge in [0.1, 0.15) is 5.01 Å². The molecule has 3 aromatic rings. The monoisotopic (exact) mass is 405 g/mol. The van der Waals surface area contributed by atoms with E-state index < -0.39 is 0 Å². The van der Waals surface area contributed by atoms with E-state index in [1.54, 1.807) is 11.3 Å². The summed E-state index contributed by atoms with van der Waals surface area (Å²) in [5, 5.41) is 6.17. The first-order valence-electron chi connectivity index (χ1n) is 10.1. The molecule has 0 aliphatic carbocycles. The van der Waals surface area contributed by atoms with Crippen LogP contribution in [0.3, 0.4) is 0 Å². The number of aromatic nitrogens is 1. The summed E-state index contributed by atoms with van der Waals surface area (Å²) in [6, 6.07) is 18.3. The van der Waals surface area contributed by atoms with Crippen molar-refractivity contribution < 1.29 is 4.79 Å². The SMILES string of the molecule is CC(C)(C)c1ccc(NC(=O)N2CCCC2c2nc(-c3ccccc3)cs2)cc1. The quantitative estimate of drug-likeness (QED) is 0.542. The van der Waals surface area contributed by atoms with Crippen molar-refractivity contribution in [3.8, 4) is 11.3 Å². The molecule has 2 amide bonds. The molecule has 1 unspecified atom stereocenters. The van der Waals surface area contributed by atoms with E-state index in [0.29, 0.717) is 0 Å². The number of rotatable bonds is 3. The number of nitrogens with one attached hydrogen (secondary N) is 1. The number of urea groups is 1. The number of thiazole rings is 1. The predicted molar refractivity (Wildman–Crippen MR) is 120 cm³/mol. The first-order valence-corrected chi connectivity index (χ1v) is 11.0. The summed E-state index contributed by atoms with van der Waals surface area (Å²) >= 11 is 1.64. The van der Waals surface area contributed by atoms with E-state index >= 15 is 0 Å². The van der Waals surface area contributed by atoms with Crippen LogP contribution in [0, 0.1) is 0 Å². The molecule has 2 heterocycles. The van der Waals surface area contributed by atoms with Crippen molar-refractivity contribution in [2.45, 2.75) is 45.1 Å². The van der Waals surface area contributed by atoms with Crippen LogP contribution in [0.4, 0.5) is 10.5 Å². The zero-order chi connectivity index (χ0) is 20.4. The lowest BCUT2D eigenvalue weighted by Gasteiger charge is -2.24. The molecule has 1 atom stereocenters. The van der Waals surface area contributed by atoms with Crippen LogP contribution in [0.2, 0.25) is 0 Å². The molecule has 4 rings (SSSR count). The van der Waals surface area contributed by atoms with E-state index in [4.69, 9.17) is 4.98 Å². The number of hydrogen-bond donors (Lipinski definition) is 1. The Hall–Kier alpha value is -2.66. The zero-order valence-corrected chi connectivity index (χ0v) is 18.0. The maximum absolute atomic E-state index is 12.9. The van der Waals surface area contributed by atoms with E-state index in [-0.39, 0.29) is 17.5 Å². The molecule has 1 saturated heterocycles. The number of benzene rings is 2. The fourth-order valence-corrected chi connectivity index (χ4v) is 4.67. The highest BCUT2D eigenvalue weighted by molar-refractivity contribution is 7.10. The van der Waals surface area contributed by atoms with Gasteiger partial charge >= 0.3 is 6.03 Å². The third kappa shape index (κ3) is 4.35. The lowest BCUT2D eigenvalue weighted by atomic mass is 9.87. The predicted octanol–water partition coefficient (Wildman–Crippen LogP) is 6.48. The van der Waals surface area contributed by atoms with Crippen LogP contribution in [0.1, 0.15) is 50.2 Å². The van der Waals surface area contributed by atoms with Crippen molar-refractivity contribution >= 4 is 23.1 Å². The van der Waals surface area contributed by atoms with Crippen LogP contribution >= 0.6 is 11.3 Å². The Morgan fingerprint density at radius 2 is 1.83 bits per heavy atom. The maximum Gasteiger partial charge on any atom is 0.322 e. The smallest absolute Gasteiger partial charge is 0.315 e. The topological polar surface area (TPSA) is 45.2 Å². The average Bonchev–Trinajstić information content (AvgIpc) is 3.38. The molecule has 1 aliphatic heterocycles. The van der Waals surface area contributed by atoms with Crippen LogP contribution < -0.4 is 5.32 Å². The molecule has 1 fully saturated rings. The normalized spacial score (nSPS) is 16.8. The molecule has 1 aliphatic rings. The van der Waals surface area contributed by atoms with Gasteiger partial charge in [-0.3, -0.25) is 0 Å². The molecule has 1 aromatic heterocycles. The third-order valence-electron chi connectivity index (χ3n) is 5.39. The molecule has 4 nitrogen and oxygen atoms in total. The second-order valence-corrected chi connectivity index (χ2v) is 9.44. The van der Waals surface area contributed by atoms with Crippen LogP contribution in [-0.4, -0.2) is 22.5 Å². The Balaban J connectivity index is 1.47. The highest BCUT2D eigenvalue weighted by atomic mass is 32.1. The molecule has 0 spiro atoms. The number of amides is 2. The molecule has 0 saturated carbocycles. The highest BCUT2D eigenvalue weighted by Gasteiger charge is 2.32. The molecule has 2 aromatic carbocycles. The van der Waals surface area contributed by atoms with Gasteiger partial charge in [0, 0.05) is 23.2 Å². The number of carbonyl (C=O) groups excluding carboxylic acids is 1. The number of hydrogen-bond acceptors (Lipinski definition) is 3.